The van der Waals surface area contributed by atoms with E-state index in [9.17, 15) is 4.79 Å². The lowest BCUT2D eigenvalue weighted by atomic mass is 10.2. The van der Waals surface area contributed by atoms with E-state index in [0.29, 0.717) is 17.9 Å². The summed E-state index contributed by atoms with van der Waals surface area (Å²) in [5.74, 6) is 1.32. The summed E-state index contributed by atoms with van der Waals surface area (Å²) < 4.78 is 7.98. The zero-order valence-corrected chi connectivity index (χ0v) is 20.1. The van der Waals surface area contributed by atoms with Crippen molar-refractivity contribution in [2.24, 2.45) is 0 Å². The van der Waals surface area contributed by atoms with E-state index in [1.54, 1.807) is 6.07 Å². The third kappa shape index (κ3) is 5.27. The minimum absolute atomic E-state index is 0.186. The van der Waals surface area contributed by atoms with Crippen LogP contribution < -0.4 is 15.0 Å². The fourth-order valence-corrected chi connectivity index (χ4v) is 4.23. The highest BCUT2D eigenvalue weighted by molar-refractivity contribution is 5.96. The Morgan fingerprint density at radius 2 is 1.89 bits per heavy atom. The van der Waals surface area contributed by atoms with Gasteiger partial charge in [-0.1, -0.05) is 24.3 Å². The number of ether oxygens (including phenoxy) is 1. The van der Waals surface area contributed by atoms with Gasteiger partial charge in [-0.05, 0) is 49.4 Å². The minimum atomic E-state index is -0.186. The molecule has 1 aliphatic heterocycles. The van der Waals surface area contributed by atoms with Crippen LogP contribution in [-0.4, -0.2) is 58.4 Å². The summed E-state index contributed by atoms with van der Waals surface area (Å²) in [5, 5.41) is 2.99. The van der Waals surface area contributed by atoms with Crippen molar-refractivity contribution in [3.8, 4) is 5.75 Å². The number of aromatic nitrogens is 3. The zero-order chi connectivity index (χ0) is 24.2. The summed E-state index contributed by atoms with van der Waals surface area (Å²) >= 11 is 0. The Morgan fingerprint density at radius 1 is 1.06 bits per heavy atom. The van der Waals surface area contributed by atoms with E-state index >= 15 is 0 Å². The van der Waals surface area contributed by atoms with Crippen molar-refractivity contribution in [2.75, 3.05) is 38.1 Å². The fourth-order valence-electron chi connectivity index (χ4n) is 4.23. The molecule has 4 heterocycles. The molecule has 0 unspecified atom stereocenters. The number of amides is 1. The molecule has 180 valence electrons. The number of hydrogen-bond donors (Lipinski definition) is 1. The Balaban J connectivity index is 1.19. The first kappa shape index (κ1) is 22.9. The maximum atomic E-state index is 12.9. The van der Waals surface area contributed by atoms with Gasteiger partial charge in [-0.25, -0.2) is 9.97 Å². The Bertz CT molecular complexity index is 1310. The fraction of sp³-hybridized carbons (Fsp3) is 0.296. The first-order valence-corrected chi connectivity index (χ1v) is 11.9. The van der Waals surface area contributed by atoms with Gasteiger partial charge in [-0.3, -0.25) is 4.79 Å². The highest BCUT2D eigenvalue weighted by Gasteiger charge is 2.16. The Hall–Kier alpha value is -3.91. The number of fused-ring (bicyclic) bond motifs is 1. The lowest BCUT2D eigenvalue weighted by Gasteiger charge is -2.33. The van der Waals surface area contributed by atoms with Crippen molar-refractivity contribution in [2.45, 2.75) is 20.1 Å². The van der Waals surface area contributed by atoms with E-state index in [-0.39, 0.29) is 12.5 Å². The lowest BCUT2D eigenvalue weighted by molar-refractivity contribution is 0.0946. The zero-order valence-electron chi connectivity index (χ0n) is 20.1. The van der Waals surface area contributed by atoms with Gasteiger partial charge < -0.3 is 24.3 Å². The number of para-hydroxylation sites is 1. The summed E-state index contributed by atoms with van der Waals surface area (Å²) in [4.78, 5) is 26.8. The van der Waals surface area contributed by atoms with Gasteiger partial charge in [0.1, 0.15) is 23.8 Å². The predicted octanol–water partition coefficient (Wildman–Crippen LogP) is 3.30. The average molecular weight is 471 g/mol. The summed E-state index contributed by atoms with van der Waals surface area (Å²) in [7, 11) is 2.14. The molecule has 0 bridgehead atoms. The van der Waals surface area contributed by atoms with E-state index in [1.165, 1.54) is 0 Å². The van der Waals surface area contributed by atoms with Gasteiger partial charge in [0.05, 0.1) is 11.3 Å². The Kier molecular flexibility index (Phi) is 6.63. The molecule has 4 aromatic rings. The molecule has 0 spiro atoms. The summed E-state index contributed by atoms with van der Waals surface area (Å²) in [6.45, 7) is 6.74. The Labute approximate surface area is 205 Å². The lowest BCUT2D eigenvalue weighted by Crippen LogP contribution is -2.44. The number of nitrogens with one attached hydrogen (secondary N) is 1. The Morgan fingerprint density at radius 3 is 2.66 bits per heavy atom. The quantitative estimate of drug-likeness (QED) is 0.447. The third-order valence-electron chi connectivity index (χ3n) is 6.32. The number of rotatable bonds is 7. The topological polar surface area (TPSA) is 75.0 Å². The van der Waals surface area contributed by atoms with Crippen LogP contribution >= 0.6 is 0 Å². The van der Waals surface area contributed by atoms with Crippen LogP contribution in [-0.2, 0) is 13.2 Å². The molecule has 1 N–H and O–H groups in total. The predicted molar refractivity (Wildman–Crippen MR) is 136 cm³/mol. The standard InChI is InChI=1S/C27H30N6O2/c1-20-6-5-11-33-18-22(30-26(20)33)19-35-24-8-4-3-7-23(24)27(34)29-17-21-9-10-25(28-16-21)32-14-12-31(2)13-15-32/h3-11,16,18H,12-15,17,19H2,1-2H3,(H,29,34). The van der Waals surface area contributed by atoms with E-state index in [2.05, 4.69) is 32.1 Å². The molecule has 1 aromatic carbocycles. The van der Waals surface area contributed by atoms with Gasteiger partial charge in [-0.15, -0.1) is 0 Å². The molecule has 0 saturated carbocycles. The van der Waals surface area contributed by atoms with Crippen molar-refractivity contribution in [1.29, 1.82) is 0 Å². The van der Waals surface area contributed by atoms with Gasteiger partial charge in [-0.2, -0.15) is 0 Å². The van der Waals surface area contributed by atoms with E-state index < -0.39 is 0 Å². The first-order chi connectivity index (χ1) is 17.1. The van der Waals surface area contributed by atoms with Crippen molar-refractivity contribution >= 4 is 17.4 Å². The second kappa shape index (κ2) is 10.1. The first-order valence-electron chi connectivity index (χ1n) is 11.9. The number of piperazine rings is 1. The highest BCUT2D eigenvalue weighted by atomic mass is 16.5. The molecule has 1 amide bonds. The molecule has 0 aliphatic carbocycles. The summed E-state index contributed by atoms with van der Waals surface area (Å²) in [6, 6.07) is 15.3. The van der Waals surface area contributed by atoms with Crippen LogP contribution in [0.5, 0.6) is 5.75 Å². The van der Waals surface area contributed by atoms with Gasteiger partial charge >= 0.3 is 0 Å². The molecule has 0 radical (unpaired) electrons. The number of pyridine rings is 2. The van der Waals surface area contributed by atoms with Crippen LogP contribution in [0.2, 0.25) is 0 Å². The number of nitrogens with zero attached hydrogens (tertiary/aromatic N) is 5. The molecule has 8 nitrogen and oxygen atoms in total. The molecule has 3 aromatic heterocycles. The SMILES string of the molecule is Cc1cccn2cc(COc3ccccc3C(=O)NCc3ccc(N4CCN(C)CC4)nc3)nc12. The second-order valence-corrected chi connectivity index (χ2v) is 8.94. The number of likely N-dealkylation sites (N-methyl/N-ethyl adjacent to an activating group) is 1. The van der Waals surface area contributed by atoms with Crippen LogP contribution in [0.3, 0.4) is 0 Å². The molecule has 35 heavy (non-hydrogen) atoms. The normalized spacial score (nSPS) is 14.3. The molecule has 1 saturated heterocycles. The van der Waals surface area contributed by atoms with Crippen LogP contribution in [0.15, 0.2) is 67.1 Å². The molecular formula is C27H30N6O2. The number of benzene rings is 1. The van der Waals surface area contributed by atoms with Crippen LogP contribution in [0.4, 0.5) is 5.82 Å². The molecular weight excluding hydrogens is 440 g/mol. The number of aryl methyl sites for hydroxylation is 1. The smallest absolute Gasteiger partial charge is 0.255 e. The summed E-state index contributed by atoms with van der Waals surface area (Å²) in [6.07, 6.45) is 5.75. The van der Waals surface area contributed by atoms with Gasteiger partial charge in [0.15, 0.2) is 0 Å². The number of carbonyl (C=O) groups excluding carboxylic acids is 1. The number of carbonyl (C=O) groups is 1. The monoisotopic (exact) mass is 470 g/mol. The number of imidazole rings is 1. The minimum Gasteiger partial charge on any atom is -0.486 e. The van der Waals surface area contributed by atoms with Crippen molar-refractivity contribution in [3.05, 3.63) is 89.5 Å². The highest BCUT2D eigenvalue weighted by Crippen LogP contribution is 2.20. The second-order valence-electron chi connectivity index (χ2n) is 8.94. The van der Waals surface area contributed by atoms with Crippen LogP contribution in [0, 0.1) is 6.92 Å². The molecule has 1 aliphatic rings. The van der Waals surface area contributed by atoms with Gasteiger partial charge in [0.2, 0.25) is 0 Å². The van der Waals surface area contributed by atoms with Gasteiger partial charge in [0.25, 0.3) is 5.91 Å². The van der Waals surface area contributed by atoms with Crippen LogP contribution in [0.25, 0.3) is 5.65 Å². The van der Waals surface area contributed by atoms with Crippen molar-refractivity contribution < 1.29 is 9.53 Å². The van der Waals surface area contributed by atoms with E-state index in [0.717, 1.165) is 54.5 Å². The molecule has 5 rings (SSSR count). The van der Waals surface area contributed by atoms with E-state index in [1.807, 2.05) is 72.4 Å². The summed E-state index contributed by atoms with van der Waals surface area (Å²) in [5.41, 5.74) is 4.26. The molecule has 1 fully saturated rings. The largest absolute Gasteiger partial charge is 0.486 e. The van der Waals surface area contributed by atoms with Gasteiger partial charge in [0, 0.05) is 51.3 Å². The van der Waals surface area contributed by atoms with Crippen LogP contribution in [0.1, 0.15) is 27.2 Å². The van der Waals surface area contributed by atoms with E-state index in [4.69, 9.17) is 4.74 Å². The number of hydrogen-bond acceptors (Lipinski definition) is 6. The maximum absolute atomic E-state index is 12.9. The number of anilines is 1. The molecule has 0 atom stereocenters. The van der Waals surface area contributed by atoms with Crippen molar-refractivity contribution in [1.82, 2.24) is 24.6 Å². The maximum Gasteiger partial charge on any atom is 0.255 e. The third-order valence-corrected chi connectivity index (χ3v) is 6.32. The average Bonchev–Trinajstić information content (AvgIpc) is 3.32. The van der Waals surface area contributed by atoms with Crippen molar-refractivity contribution in [3.63, 3.8) is 0 Å². The molecule has 8 heteroatoms.